The minimum absolute atomic E-state index is 0.00172. The zero-order valence-corrected chi connectivity index (χ0v) is 14.8. The molecule has 0 fully saturated rings. The number of H-pyrrole nitrogens is 1. The van der Waals surface area contributed by atoms with Gasteiger partial charge in [-0.15, -0.1) is 0 Å². The number of fused-ring (bicyclic) bond motifs is 1. The van der Waals surface area contributed by atoms with Gasteiger partial charge in [0.25, 0.3) is 0 Å². The normalized spacial score (nSPS) is 10.8. The molecule has 2 aromatic rings. The maximum Gasteiger partial charge on any atom is 0.224 e. The molecule has 0 atom stereocenters. The fraction of sp³-hybridized carbons (Fsp3) is 0.474. The van der Waals surface area contributed by atoms with Crippen molar-refractivity contribution in [3.8, 4) is 0 Å². The molecule has 130 valence electrons. The summed E-state index contributed by atoms with van der Waals surface area (Å²) in [6.07, 6.45) is 1.52. The first-order valence-electron chi connectivity index (χ1n) is 8.67. The Morgan fingerprint density at radius 1 is 1.17 bits per heavy atom. The van der Waals surface area contributed by atoms with Crippen LogP contribution in [-0.2, 0) is 16.0 Å². The summed E-state index contributed by atoms with van der Waals surface area (Å²) in [5.74, 6) is 0.153. The van der Waals surface area contributed by atoms with Crippen molar-refractivity contribution in [3.05, 3.63) is 35.5 Å². The SMILES string of the molecule is CCN(CC)C(=O)CCCNC(=O)Cc1c(C)[nH]c2ccccc12. The van der Waals surface area contributed by atoms with Crippen LogP contribution >= 0.6 is 0 Å². The Hall–Kier alpha value is -2.30. The number of nitrogens with zero attached hydrogens (tertiary/aromatic N) is 1. The maximum absolute atomic E-state index is 12.2. The van der Waals surface area contributed by atoms with Gasteiger partial charge >= 0.3 is 0 Å². The quantitative estimate of drug-likeness (QED) is 0.731. The lowest BCUT2D eigenvalue weighted by atomic mass is 10.1. The second kappa shape index (κ2) is 8.52. The van der Waals surface area contributed by atoms with Crippen LogP contribution in [0.1, 0.15) is 37.9 Å². The number of hydrogen-bond acceptors (Lipinski definition) is 2. The molecule has 0 unspecified atom stereocenters. The monoisotopic (exact) mass is 329 g/mol. The molecule has 0 saturated heterocycles. The Labute approximate surface area is 143 Å². The lowest BCUT2D eigenvalue weighted by Gasteiger charge is -2.18. The van der Waals surface area contributed by atoms with Crippen LogP contribution in [0.5, 0.6) is 0 Å². The van der Waals surface area contributed by atoms with Gasteiger partial charge in [-0.3, -0.25) is 9.59 Å². The summed E-state index contributed by atoms with van der Waals surface area (Å²) < 4.78 is 0. The van der Waals surface area contributed by atoms with Crippen molar-refractivity contribution < 1.29 is 9.59 Å². The molecule has 0 aliphatic carbocycles. The van der Waals surface area contributed by atoms with Crippen molar-refractivity contribution in [2.45, 2.75) is 40.0 Å². The van der Waals surface area contributed by atoms with E-state index in [9.17, 15) is 9.59 Å². The first-order valence-corrected chi connectivity index (χ1v) is 8.67. The highest BCUT2D eigenvalue weighted by Crippen LogP contribution is 2.22. The number of benzene rings is 1. The lowest BCUT2D eigenvalue weighted by molar-refractivity contribution is -0.131. The van der Waals surface area contributed by atoms with E-state index in [-0.39, 0.29) is 11.8 Å². The average molecular weight is 329 g/mol. The van der Waals surface area contributed by atoms with Gasteiger partial charge in [-0.25, -0.2) is 0 Å². The molecule has 1 heterocycles. The smallest absolute Gasteiger partial charge is 0.224 e. The van der Waals surface area contributed by atoms with Crippen molar-refractivity contribution in [1.82, 2.24) is 15.2 Å². The summed E-state index contributed by atoms with van der Waals surface area (Å²) in [7, 11) is 0. The van der Waals surface area contributed by atoms with Gasteiger partial charge in [0.15, 0.2) is 0 Å². The molecule has 2 rings (SSSR count). The molecular weight excluding hydrogens is 302 g/mol. The van der Waals surface area contributed by atoms with Gasteiger partial charge < -0.3 is 15.2 Å². The molecule has 0 spiro atoms. The van der Waals surface area contributed by atoms with Gasteiger partial charge in [-0.2, -0.15) is 0 Å². The molecule has 5 heteroatoms. The molecule has 24 heavy (non-hydrogen) atoms. The number of carbonyl (C=O) groups is 2. The van der Waals surface area contributed by atoms with Crippen LogP contribution in [0.15, 0.2) is 24.3 Å². The van der Waals surface area contributed by atoms with Crippen molar-refractivity contribution in [1.29, 1.82) is 0 Å². The fourth-order valence-corrected chi connectivity index (χ4v) is 2.99. The molecule has 0 radical (unpaired) electrons. The van der Waals surface area contributed by atoms with E-state index in [1.165, 1.54) is 0 Å². The van der Waals surface area contributed by atoms with E-state index < -0.39 is 0 Å². The number of nitrogens with one attached hydrogen (secondary N) is 2. The zero-order chi connectivity index (χ0) is 17.5. The molecular formula is C19H27N3O2. The second-order valence-electron chi connectivity index (χ2n) is 5.97. The number of para-hydroxylation sites is 1. The minimum Gasteiger partial charge on any atom is -0.358 e. The molecule has 0 aliphatic rings. The number of aryl methyl sites for hydroxylation is 1. The fourth-order valence-electron chi connectivity index (χ4n) is 2.99. The highest BCUT2D eigenvalue weighted by atomic mass is 16.2. The molecule has 2 amide bonds. The van der Waals surface area contributed by atoms with Crippen molar-refractivity contribution in [3.63, 3.8) is 0 Å². The molecule has 1 aromatic heterocycles. The Morgan fingerprint density at radius 3 is 2.58 bits per heavy atom. The van der Waals surface area contributed by atoms with Gasteiger partial charge in [-0.05, 0) is 38.8 Å². The van der Waals surface area contributed by atoms with Crippen molar-refractivity contribution in [2.75, 3.05) is 19.6 Å². The van der Waals surface area contributed by atoms with Gasteiger partial charge in [-0.1, -0.05) is 18.2 Å². The molecule has 2 N–H and O–H groups in total. The standard InChI is InChI=1S/C19H27N3O2/c1-4-22(5-2)19(24)11-8-12-20-18(23)13-16-14(3)21-17-10-7-6-9-15(16)17/h6-7,9-10,21H,4-5,8,11-13H2,1-3H3,(H,20,23). The molecule has 0 aliphatic heterocycles. The van der Waals surface area contributed by atoms with E-state index >= 15 is 0 Å². The van der Waals surface area contributed by atoms with E-state index in [2.05, 4.69) is 10.3 Å². The largest absolute Gasteiger partial charge is 0.358 e. The van der Waals surface area contributed by atoms with E-state index in [1.54, 1.807) is 0 Å². The lowest BCUT2D eigenvalue weighted by Crippen LogP contribution is -2.32. The highest BCUT2D eigenvalue weighted by Gasteiger charge is 2.12. The minimum atomic E-state index is -0.00172. The van der Waals surface area contributed by atoms with Gasteiger partial charge in [0.05, 0.1) is 6.42 Å². The van der Waals surface area contributed by atoms with Crippen LogP contribution < -0.4 is 5.32 Å². The Kier molecular flexibility index (Phi) is 6.41. The molecule has 0 bridgehead atoms. The summed E-state index contributed by atoms with van der Waals surface area (Å²) in [6.45, 7) is 7.96. The van der Waals surface area contributed by atoms with Gasteiger partial charge in [0.1, 0.15) is 0 Å². The summed E-state index contributed by atoms with van der Waals surface area (Å²) in [5.41, 5.74) is 3.13. The van der Waals surface area contributed by atoms with Crippen molar-refractivity contribution in [2.24, 2.45) is 0 Å². The average Bonchev–Trinajstić information content (AvgIpc) is 2.88. The Morgan fingerprint density at radius 2 is 1.88 bits per heavy atom. The first-order chi connectivity index (χ1) is 11.6. The van der Waals surface area contributed by atoms with Gasteiger partial charge in [0.2, 0.25) is 11.8 Å². The molecule has 5 nitrogen and oxygen atoms in total. The number of aromatic nitrogens is 1. The van der Waals surface area contributed by atoms with E-state index in [0.29, 0.717) is 25.8 Å². The van der Waals surface area contributed by atoms with E-state index in [4.69, 9.17) is 0 Å². The third-order valence-electron chi connectivity index (χ3n) is 4.37. The van der Waals surface area contributed by atoms with E-state index in [1.807, 2.05) is 49.9 Å². The predicted molar refractivity (Wildman–Crippen MR) is 96.9 cm³/mol. The Bertz CT molecular complexity index is 702. The molecule has 1 aromatic carbocycles. The van der Waals surface area contributed by atoms with E-state index in [0.717, 1.165) is 35.2 Å². The molecule has 0 saturated carbocycles. The summed E-state index contributed by atoms with van der Waals surface area (Å²) in [4.78, 5) is 29.2. The van der Waals surface area contributed by atoms with Crippen LogP contribution in [-0.4, -0.2) is 41.3 Å². The second-order valence-corrected chi connectivity index (χ2v) is 5.97. The number of carbonyl (C=O) groups excluding carboxylic acids is 2. The topological polar surface area (TPSA) is 65.2 Å². The van der Waals surface area contributed by atoms with Crippen LogP contribution in [0.25, 0.3) is 10.9 Å². The summed E-state index contributed by atoms with van der Waals surface area (Å²) in [5, 5.41) is 4.02. The van der Waals surface area contributed by atoms with Crippen molar-refractivity contribution >= 4 is 22.7 Å². The number of rotatable bonds is 8. The maximum atomic E-state index is 12.2. The number of amides is 2. The van der Waals surface area contributed by atoms with Crippen LogP contribution in [0, 0.1) is 6.92 Å². The third kappa shape index (κ3) is 4.37. The van der Waals surface area contributed by atoms with Crippen LogP contribution in [0.2, 0.25) is 0 Å². The van der Waals surface area contributed by atoms with Crippen LogP contribution in [0.4, 0.5) is 0 Å². The number of aromatic amines is 1. The predicted octanol–water partition coefficient (Wildman–Crippen LogP) is 2.78. The summed E-state index contributed by atoms with van der Waals surface area (Å²) in [6, 6.07) is 8.01. The zero-order valence-electron chi connectivity index (χ0n) is 14.8. The highest BCUT2D eigenvalue weighted by molar-refractivity contribution is 5.90. The first kappa shape index (κ1) is 18.0. The number of hydrogen-bond donors (Lipinski definition) is 2. The third-order valence-corrected chi connectivity index (χ3v) is 4.37. The van der Waals surface area contributed by atoms with Crippen LogP contribution in [0.3, 0.4) is 0 Å². The summed E-state index contributed by atoms with van der Waals surface area (Å²) >= 11 is 0. The van der Waals surface area contributed by atoms with Gasteiger partial charge in [0, 0.05) is 42.7 Å². The Balaban J connectivity index is 1.81.